The number of halogens is 1. The number of aromatic nitrogens is 16. The van der Waals surface area contributed by atoms with E-state index in [1.807, 2.05) is 86.6 Å². The lowest BCUT2D eigenvalue weighted by atomic mass is 9.89. The van der Waals surface area contributed by atoms with E-state index >= 15 is 0 Å². The van der Waals surface area contributed by atoms with Gasteiger partial charge in [-0.05, 0) is 113 Å². The Morgan fingerprint density at radius 3 is 1.22 bits per heavy atom. The lowest BCUT2D eigenvalue weighted by Gasteiger charge is -2.49. The number of hydrogen-bond donors (Lipinski definition) is 4. The molecule has 0 unspecified atom stereocenters. The van der Waals surface area contributed by atoms with Crippen LogP contribution in [0, 0.1) is 45.3 Å². The molecule has 0 radical (unpaired) electrons. The highest BCUT2D eigenvalue weighted by atomic mass is 32.2. The van der Waals surface area contributed by atoms with Crippen molar-refractivity contribution in [1.29, 1.82) is 21.0 Å². The highest BCUT2D eigenvalue weighted by Crippen LogP contribution is 2.49. The minimum atomic E-state index is -3.43. The molecule has 37 heteroatoms. The predicted octanol–water partition coefficient (Wildman–Crippen LogP) is 8.43. The van der Waals surface area contributed by atoms with Crippen molar-refractivity contribution in [2.24, 2.45) is 0 Å². The fourth-order valence-corrected chi connectivity index (χ4v) is 21.1. The van der Waals surface area contributed by atoms with Crippen LogP contribution < -0.4 is 0 Å². The van der Waals surface area contributed by atoms with Gasteiger partial charge in [0, 0.05) is 176 Å². The Bertz CT molecular complexity index is 5970. The predicted molar refractivity (Wildman–Crippen MR) is 408 cm³/mol. The average molecular weight is 1570 g/mol. The summed E-state index contributed by atoms with van der Waals surface area (Å²) in [6.45, 7) is 11.2. The van der Waals surface area contributed by atoms with Crippen molar-refractivity contribution in [3.63, 3.8) is 0 Å². The van der Waals surface area contributed by atoms with E-state index in [1.165, 1.54) is 28.1 Å². The molecule has 16 heterocycles. The van der Waals surface area contributed by atoms with Gasteiger partial charge in [0.25, 0.3) is 0 Å². The second-order valence-electron chi connectivity index (χ2n) is 29.8. The maximum absolute atomic E-state index is 13.9. The van der Waals surface area contributed by atoms with E-state index in [9.17, 15) is 59.1 Å². The molecule has 4 N–H and O–H groups in total. The number of nitrogens with one attached hydrogen (secondary N) is 4. The van der Waals surface area contributed by atoms with Crippen LogP contribution in [0.2, 0.25) is 0 Å². The van der Waals surface area contributed by atoms with Crippen molar-refractivity contribution < 1.29 is 38.1 Å². The van der Waals surface area contributed by atoms with Crippen LogP contribution in [0.4, 0.5) is 4.39 Å². The first kappa shape index (κ1) is 75.9. The van der Waals surface area contributed by atoms with Crippen molar-refractivity contribution in [1.82, 2.24) is 96.2 Å². The van der Waals surface area contributed by atoms with Gasteiger partial charge in [0.15, 0.2) is 0 Å². The van der Waals surface area contributed by atoms with E-state index in [-0.39, 0.29) is 83.1 Å². The van der Waals surface area contributed by atoms with E-state index in [2.05, 4.69) is 84.5 Å². The molecule has 4 saturated heterocycles. The highest BCUT2D eigenvalue weighted by Gasteiger charge is 2.60. The third-order valence-electron chi connectivity index (χ3n) is 21.5. The summed E-state index contributed by atoms with van der Waals surface area (Å²) in [6.07, 6.45) is 30.7. The minimum absolute atomic E-state index is 0.0201. The molecule has 0 spiro atoms. The molecule has 110 heavy (non-hydrogen) atoms. The molecular weight excluding hydrogens is 1490 g/mol. The number of alkyl halides is 1. The Labute approximate surface area is 634 Å². The summed E-state index contributed by atoms with van der Waals surface area (Å²) in [4.78, 5) is 29.4. The lowest BCUT2D eigenvalue weighted by Crippen LogP contribution is -2.66. The Hall–Kier alpha value is -10.9. The number of pyridine rings is 4. The highest BCUT2D eigenvalue weighted by molar-refractivity contribution is 7.91. The van der Waals surface area contributed by atoms with Crippen molar-refractivity contribution in [2.45, 2.75) is 112 Å². The summed E-state index contributed by atoms with van der Waals surface area (Å²) in [7, 11) is -13.4. The molecule has 0 bridgehead atoms. The van der Waals surface area contributed by atoms with Gasteiger partial charge in [-0.15, -0.1) is 0 Å². The quantitative estimate of drug-likeness (QED) is 0.0556. The summed E-state index contributed by atoms with van der Waals surface area (Å²) < 4.78 is 124. The largest absolute Gasteiger partial charge is 0.346 e. The van der Waals surface area contributed by atoms with Gasteiger partial charge in [0.2, 0.25) is 40.1 Å². The first-order valence-electron chi connectivity index (χ1n) is 35.5. The number of rotatable bonds is 20. The Balaban J connectivity index is 0.000000122. The number of sulfonamides is 4. The Morgan fingerprint density at radius 1 is 0.473 bits per heavy atom. The average Bonchev–Trinajstić information content (AvgIpc) is 1.55. The van der Waals surface area contributed by atoms with Crippen molar-refractivity contribution in [3.05, 3.63) is 147 Å². The van der Waals surface area contributed by atoms with Crippen LogP contribution in [0.15, 0.2) is 142 Å². The number of nitriles is 4. The molecular formula is C73H79FN24O8S4. The van der Waals surface area contributed by atoms with Crippen LogP contribution in [0.3, 0.4) is 0 Å². The molecule has 5 aliphatic rings. The normalized spacial score (nSPS) is 18.0. The molecule has 1 saturated carbocycles. The lowest BCUT2D eigenvalue weighted by molar-refractivity contribution is 0.0415. The fraction of sp³-hybridized carbons (Fsp3) is 0.397. The summed E-state index contributed by atoms with van der Waals surface area (Å²) in [5, 5.41) is 58.9. The van der Waals surface area contributed by atoms with Crippen LogP contribution in [0.25, 0.3) is 88.6 Å². The molecule has 0 amide bonds. The molecule has 570 valence electrons. The second kappa shape index (κ2) is 28.5. The molecule has 0 atom stereocenters. The summed E-state index contributed by atoms with van der Waals surface area (Å²) in [6, 6.07) is 22.2. The van der Waals surface area contributed by atoms with Gasteiger partial charge in [-0.3, -0.25) is 18.7 Å². The third kappa shape index (κ3) is 13.4. The summed E-state index contributed by atoms with van der Waals surface area (Å²) in [5.74, 6) is 0.107. The number of aromatic amines is 4. The fourth-order valence-electron chi connectivity index (χ4n) is 14.5. The van der Waals surface area contributed by atoms with Crippen molar-refractivity contribution in [3.8, 4) is 68.8 Å². The van der Waals surface area contributed by atoms with Crippen LogP contribution >= 0.6 is 0 Å². The standard InChI is InChI=1S/C19H20N6O2S.C19H22N6O2S.C18H20N6O2S.C17H17FN6O2S/c1-18(4-5-18)28(26,27)24-12-19(13-24,6-7-20)25-11-14(10-23-25)15-2-8-21-17-16(15)3-9-22-17;1-18(2,3)28(26,27)24-12-19(13-24,6-7-20)25-11-14(10-23-25)15-4-8-21-17-16(15)5-9-22-17;1-2-9-27(25,26)23-12-18(13-23,5-6-19)24-11-14(10-22-24)15-3-7-20-17-16(15)4-8-21-17;1-2-27(25,26)23-10-17(9-18,11-23)24-8-13(7-22-24)15-12(5-19)6-21-16-14(15)3-4-20-16/h2-3,8-11H,4-6,12-13H2,1H3,(H,21,22);4-5,8-11H,6,12-13H2,1-3H3,(H,21,22);3-4,7-8,10-11H,2,5,9,12-13H2,1H3,(H,20,21);3-4,6-8H,2,9-11H2,1H3,(H,20,21). The van der Waals surface area contributed by atoms with Crippen LogP contribution in [0.5, 0.6) is 0 Å². The molecule has 0 aromatic carbocycles. The van der Waals surface area contributed by atoms with Gasteiger partial charge in [0.1, 0.15) is 57.5 Å². The van der Waals surface area contributed by atoms with Crippen molar-refractivity contribution >= 4 is 84.2 Å². The Morgan fingerprint density at radius 2 is 0.836 bits per heavy atom. The first-order valence-corrected chi connectivity index (χ1v) is 41.6. The van der Waals surface area contributed by atoms with E-state index in [0.29, 0.717) is 41.6 Å². The molecule has 4 aliphatic heterocycles. The number of H-pyrrole nitrogens is 4. The van der Waals surface area contributed by atoms with Crippen LogP contribution in [0.1, 0.15) is 85.6 Å². The maximum atomic E-state index is 13.9. The van der Waals surface area contributed by atoms with Gasteiger partial charge < -0.3 is 19.9 Å². The van der Waals surface area contributed by atoms with Gasteiger partial charge in [-0.2, -0.15) is 58.7 Å². The monoisotopic (exact) mass is 1570 g/mol. The smallest absolute Gasteiger partial charge is 0.219 e. The van der Waals surface area contributed by atoms with E-state index < -0.39 is 78.4 Å². The van der Waals surface area contributed by atoms with Crippen LogP contribution in [-0.4, -0.2) is 210 Å². The summed E-state index contributed by atoms with van der Waals surface area (Å²) >= 11 is 0. The number of fused-ring (bicyclic) bond motifs is 4. The number of hydrogen-bond acceptors (Lipinski definition) is 20. The van der Waals surface area contributed by atoms with E-state index in [1.54, 1.807) is 104 Å². The van der Waals surface area contributed by atoms with E-state index in [4.69, 9.17) is 0 Å². The molecule has 1 aliphatic carbocycles. The van der Waals surface area contributed by atoms with Gasteiger partial charge in [0.05, 0.1) is 88.8 Å². The zero-order chi connectivity index (χ0) is 78.0. The topological polar surface area (TPSA) is 431 Å². The second-order valence-corrected chi connectivity index (χ2v) is 39.3. The summed E-state index contributed by atoms with van der Waals surface area (Å²) in [5.41, 5.74) is 7.57. The third-order valence-corrected chi connectivity index (χ3v) is 30.3. The number of nitrogens with zero attached hydrogens (tertiary/aromatic N) is 20. The molecule has 5 fully saturated rings. The molecule has 32 nitrogen and oxygen atoms in total. The minimum Gasteiger partial charge on any atom is -0.346 e. The maximum Gasteiger partial charge on any atom is 0.219 e. The molecule has 17 rings (SSSR count). The first-order chi connectivity index (χ1) is 52.5. The van der Waals surface area contributed by atoms with Crippen LogP contribution in [-0.2, 0) is 62.2 Å². The van der Waals surface area contributed by atoms with Gasteiger partial charge >= 0.3 is 0 Å². The zero-order valence-corrected chi connectivity index (χ0v) is 64.3. The zero-order valence-electron chi connectivity index (χ0n) is 61.0. The SMILES string of the molecule is CC(C)(C)S(=O)(=O)N1CC(CC#N)(n2cc(-c3ccnc4[nH]ccc34)cn2)C1.CC1(S(=O)(=O)N2CC(CC#N)(n3cc(-c4ccnc5[nH]ccc45)cn3)C2)CC1.CCCS(=O)(=O)N1CC(CC#N)(n2cc(-c3ccnc4[nH]ccc34)cn2)C1.CCS(=O)(=O)N1CC(CF)(n2cc(-c3c(C#N)cnc4[nH]ccc34)cn2)C1. The van der Waals surface area contributed by atoms with E-state index in [0.717, 1.165) is 71.9 Å². The van der Waals surface area contributed by atoms with Gasteiger partial charge in [-0.25, -0.2) is 58.0 Å². The molecule has 12 aromatic rings. The van der Waals surface area contributed by atoms with Crippen molar-refractivity contribution in [2.75, 3.05) is 70.5 Å². The Kier molecular flexibility index (Phi) is 19.7. The molecule has 12 aromatic heterocycles. The van der Waals surface area contributed by atoms with Gasteiger partial charge in [-0.1, -0.05) is 6.92 Å².